The van der Waals surface area contributed by atoms with E-state index in [0.29, 0.717) is 0 Å². The van der Waals surface area contributed by atoms with Crippen molar-refractivity contribution in [2.24, 2.45) is 5.73 Å². The molecule has 0 amide bonds. The molecule has 0 bridgehead atoms. The van der Waals surface area contributed by atoms with E-state index in [-0.39, 0.29) is 6.04 Å². The van der Waals surface area contributed by atoms with Crippen molar-refractivity contribution in [3.05, 3.63) is 54.6 Å². The summed E-state index contributed by atoms with van der Waals surface area (Å²) in [6, 6.07) is 8.20. The van der Waals surface area contributed by atoms with Crippen molar-refractivity contribution >= 4 is 43.2 Å². The molecule has 1 nitrogen and oxygen atoms in total. The number of aryl methyl sites for hydroxylation is 1. The Morgan fingerprint density at radius 2 is 2.00 bits per heavy atom. The number of hydrogen-bond donors (Lipinski definition) is 1. The van der Waals surface area contributed by atoms with Gasteiger partial charge in [-0.3, -0.25) is 0 Å². The van der Waals surface area contributed by atoms with Crippen molar-refractivity contribution in [2.75, 3.05) is 0 Å². The molecule has 2 rings (SSSR count). The second-order valence-electron chi connectivity index (χ2n) is 3.62. The molecule has 16 heavy (non-hydrogen) atoms. The average Bonchev–Trinajstić information content (AvgIpc) is 2.75. The Morgan fingerprint density at radius 3 is 2.62 bits per heavy atom. The van der Waals surface area contributed by atoms with E-state index in [9.17, 15) is 0 Å². The number of halogens is 2. The molecule has 1 aromatic carbocycles. The maximum Gasteiger partial charge on any atom is 0.0657 e. The standard InChI is InChI=1S/C12H11Br2NS/c1-7-5-10(14)8(6-9(7)13)12(15)11-3-2-4-16-11/h2-6,12H,15H2,1H3. The second kappa shape index (κ2) is 5.00. The van der Waals surface area contributed by atoms with Gasteiger partial charge in [0, 0.05) is 13.8 Å². The molecule has 2 aromatic rings. The van der Waals surface area contributed by atoms with Gasteiger partial charge in [0.1, 0.15) is 0 Å². The number of rotatable bonds is 2. The van der Waals surface area contributed by atoms with Crippen LogP contribution in [0.4, 0.5) is 0 Å². The van der Waals surface area contributed by atoms with Crippen LogP contribution >= 0.6 is 43.2 Å². The molecule has 0 spiro atoms. The fourth-order valence-electron chi connectivity index (χ4n) is 1.52. The SMILES string of the molecule is Cc1cc(Br)c(C(N)c2cccs2)cc1Br. The fourth-order valence-corrected chi connectivity index (χ4v) is 3.33. The van der Waals surface area contributed by atoms with Crippen LogP contribution in [-0.4, -0.2) is 0 Å². The highest BCUT2D eigenvalue weighted by atomic mass is 79.9. The van der Waals surface area contributed by atoms with E-state index in [1.54, 1.807) is 11.3 Å². The molecule has 2 N–H and O–H groups in total. The number of thiophene rings is 1. The molecule has 4 heteroatoms. The maximum atomic E-state index is 6.24. The van der Waals surface area contributed by atoms with Crippen molar-refractivity contribution in [2.45, 2.75) is 13.0 Å². The van der Waals surface area contributed by atoms with Crippen molar-refractivity contribution in [1.82, 2.24) is 0 Å². The predicted octanol–water partition coefficient (Wildman–Crippen LogP) is 4.63. The Hall–Kier alpha value is -0.160. The first kappa shape index (κ1) is 12.3. The highest BCUT2D eigenvalue weighted by Crippen LogP contribution is 2.33. The van der Waals surface area contributed by atoms with E-state index in [4.69, 9.17) is 5.73 Å². The third kappa shape index (κ3) is 2.40. The Labute approximate surface area is 116 Å². The Morgan fingerprint density at radius 1 is 1.25 bits per heavy atom. The zero-order chi connectivity index (χ0) is 11.7. The molecule has 1 aromatic heterocycles. The van der Waals surface area contributed by atoms with E-state index in [1.165, 1.54) is 10.4 Å². The highest BCUT2D eigenvalue weighted by Gasteiger charge is 2.14. The molecular weight excluding hydrogens is 350 g/mol. The van der Waals surface area contributed by atoms with Gasteiger partial charge in [-0.25, -0.2) is 0 Å². The lowest BCUT2D eigenvalue weighted by Crippen LogP contribution is -2.11. The minimum Gasteiger partial charge on any atom is -0.320 e. The zero-order valence-electron chi connectivity index (χ0n) is 8.71. The first-order chi connectivity index (χ1) is 7.59. The fraction of sp³-hybridized carbons (Fsp3) is 0.167. The van der Waals surface area contributed by atoms with E-state index in [0.717, 1.165) is 14.5 Å². The summed E-state index contributed by atoms with van der Waals surface area (Å²) >= 11 is 8.79. The Kier molecular flexibility index (Phi) is 3.85. The summed E-state index contributed by atoms with van der Waals surface area (Å²) < 4.78 is 2.16. The summed E-state index contributed by atoms with van der Waals surface area (Å²) in [6.07, 6.45) is 0. The third-order valence-corrected chi connectivity index (χ3v) is 4.96. The van der Waals surface area contributed by atoms with Crippen LogP contribution in [-0.2, 0) is 0 Å². The summed E-state index contributed by atoms with van der Waals surface area (Å²) in [7, 11) is 0. The minimum absolute atomic E-state index is 0.0636. The highest BCUT2D eigenvalue weighted by molar-refractivity contribution is 9.11. The molecule has 1 atom stereocenters. The van der Waals surface area contributed by atoms with Gasteiger partial charge in [0.05, 0.1) is 6.04 Å². The molecule has 0 saturated heterocycles. The summed E-state index contributed by atoms with van der Waals surface area (Å²) in [6.45, 7) is 2.06. The summed E-state index contributed by atoms with van der Waals surface area (Å²) in [5.41, 5.74) is 8.55. The van der Waals surface area contributed by atoms with Crippen molar-refractivity contribution in [1.29, 1.82) is 0 Å². The quantitative estimate of drug-likeness (QED) is 0.830. The van der Waals surface area contributed by atoms with E-state index in [1.807, 2.05) is 11.4 Å². The average molecular weight is 361 g/mol. The lowest BCUT2D eigenvalue weighted by molar-refractivity contribution is 0.885. The van der Waals surface area contributed by atoms with Gasteiger partial charge in [-0.05, 0) is 41.6 Å². The molecule has 0 aliphatic heterocycles. The molecule has 1 heterocycles. The van der Waals surface area contributed by atoms with Crippen LogP contribution in [0.25, 0.3) is 0 Å². The maximum absolute atomic E-state index is 6.24. The summed E-state index contributed by atoms with van der Waals surface area (Å²) in [5, 5.41) is 2.05. The van der Waals surface area contributed by atoms with Gasteiger partial charge in [0.15, 0.2) is 0 Å². The Balaban J connectivity index is 2.44. The first-order valence-corrected chi connectivity index (χ1v) is 7.30. The van der Waals surface area contributed by atoms with Crippen LogP contribution in [0.3, 0.4) is 0 Å². The molecule has 0 aliphatic carbocycles. The normalized spacial score (nSPS) is 12.8. The lowest BCUT2D eigenvalue weighted by Gasteiger charge is -2.14. The van der Waals surface area contributed by atoms with Crippen LogP contribution in [0.15, 0.2) is 38.6 Å². The topological polar surface area (TPSA) is 26.0 Å². The molecule has 0 radical (unpaired) electrons. The molecule has 0 aliphatic rings. The Bertz CT molecular complexity index is 494. The number of nitrogens with two attached hydrogens (primary N) is 1. The molecular formula is C12H11Br2NS. The van der Waals surface area contributed by atoms with Crippen molar-refractivity contribution in [3.8, 4) is 0 Å². The van der Waals surface area contributed by atoms with Crippen LogP contribution in [0, 0.1) is 6.92 Å². The lowest BCUT2D eigenvalue weighted by atomic mass is 10.0. The van der Waals surface area contributed by atoms with E-state index in [2.05, 4.69) is 57.0 Å². The largest absolute Gasteiger partial charge is 0.320 e. The molecule has 0 saturated carbocycles. The summed E-state index contributed by atoms with van der Waals surface area (Å²) in [5.74, 6) is 0. The first-order valence-electron chi connectivity index (χ1n) is 4.84. The van der Waals surface area contributed by atoms with Gasteiger partial charge < -0.3 is 5.73 Å². The van der Waals surface area contributed by atoms with Gasteiger partial charge >= 0.3 is 0 Å². The molecule has 84 valence electrons. The second-order valence-corrected chi connectivity index (χ2v) is 6.30. The van der Waals surface area contributed by atoms with Gasteiger partial charge in [-0.1, -0.05) is 37.9 Å². The van der Waals surface area contributed by atoms with Crippen LogP contribution in [0.1, 0.15) is 22.0 Å². The van der Waals surface area contributed by atoms with Crippen LogP contribution < -0.4 is 5.73 Å². The summed E-state index contributed by atoms with van der Waals surface area (Å²) in [4.78, 5) is 1.18. The molecule has 0 fully saturated rings. The van der Waals surface area contributed by atoms with Crippen LogP contribution in [0.5, 0.6) is 0 Å². The van der Waals surface area contributed by atoms with E-state index < -0.39 is 0 Å². The number of benzene rings is 1. The third-order valence-electron chi connectivity index (χ3n) is 2.46. The zero-order valence-corrected chi connectivity index (χ0v) is 12.7. The van der Waals surface area contributed by atoms with Gasteiger partial charge in [-0.15, -0.1) is 11.3 Å². The van der Waals surface area contributed by atoms with Crippen LogP contribution in [0.2, 0.25) is 0 Å². The van der Waals surface area contributed by atoms with Crippen molar-refractivity contribution < 1.29 is 0 Å². The van der Waals surface area contributed by atoms with Crippen molar-refractivity contribution in [3.63, 3.8) is 0 Å². The minimum atomic E-state index is -0.0636. The smallest absolute Gasteiger partial charge is 0.0657 e. The van der Waals surface area contributed by atoms with E-state index >= 15 is 0 Å². The van der Waals surface area contributed by atoms with Gasteiger partial charge in [0.2, 0.25) is 0 Å². The monoisotopic (exact) mass is 359 g/mol. The van der Waals surface area contributed by atoms with Gasteiger partial charge in [-0.2, -0.15) is 0 Å². The predicted molar refractivity (Wildman–Crippen MR) is 76.9 cm³/mol. The van der Waals surface area contributed by atoms with Gasteiger partial charge in [0.25, 0.3) is 0 Å². The molecule has 1 unspecified atom stereocenters. The number of hydrogen-bond acceptors (Lipinski definition) is 2.